The highest BCUT2D eigenvalue weighted by molar-refractivity contribution is 5.86. The second-order valence-corrected chi connectivity index (χ2v) is 8.06. The predicted octanol–water partition coefficient (Wildman–Crippen LogP) is 2.18. The summed E-state index contributed by atoms with van der Waals surface area (Å²) in [5.74, 6) is -1.85. The van der Waals surface area contributed by atoms with Gasteiger partial charge in [0.15, 0.2) is 0 Å². The lowest BCUT2D eigenvalue weighted by Crippen LogP contribution is -2.42. The fourth-order valence-corrected chi connectivity index (χ4v) is 3.30. The Morgan fingerprint density at radius 2 is 1.74 bits per heavy atom. The second-order valence-electron chi connectivity index (χ2n) is 8.06. The number of ether oxygens (including phenoxy) is 2. The van der Waals surface area contributed by atoms with E-state index in [-0.39, 0.29) is 56.5 Å². The zero-order valence-electron chi connectivity index (χ0n) is 20.0. The van der Waals surface area contributed by atoms with E-state index in [9.17, 15) is 14.4 Å². The number of hydrogen-bond acceptors (Lipinski definition) is 6. The highest BCUT2D eigenvalue weighted by atomic mass is 16.5. The fraction of sp³-hybridized carbons (Fsp3) is 0.500. The van der Waals surface area contributed by atoms with E-state index in [0.717, 1.165) is 5.56 Å². The molecule has 0 saturated heterocycles. The quantitative estimate of drug-likeness (QED) is 0.171. The molecule has 0 fully saturated rings. The van der Waals surface area contributed by atoms with Crippen LogP contribution in [0.5, 0.6) is 0 Å². The first-order chi connectivity index (χ1) is 16.4. The molecule has 0 aliphatic carbocycles. The lowest BCUT2D eigenvalue weighted by Gasteiger charge is -2.21. The Hall–Kier alpha value is -2.97. The maximum absolute atomic E-state index is 12.7. The van der Waals surface area contributed by atoms with E-state index < -0.39 is 12.0 Å². The Labute approximate surface area is 202 Å². The summed E-state index contributed by atoms with van der Waals surface area (Å²) in [6.45, 7) is 9.87. The minimum atomic E-state index is -0.583. The van der Waals surface area contributed by atoms with Gasteiger partial charge in [0.1, 0.15) is 6.61 Å². The van der Waals surface area contributed by atoms with Crippen LogP contribution in [0.3, 0.4) is 0 Å². The van der Waals surface area contributed by atoms with E-state index in [0.29, 0.717) is 25.8 Å². The molecule has 0 radical (unpaired) electrons. The van der Waals surface area contributed by atoms with Gasteiger partial charge in [0.25, 0.3) is 0 Å². The van der Waals surface area contributed by atoms with Gasteiger partial charge in [0, 0.05) is 13.0 Å². The molecule has 8 nitrogen and oxygen atoms in total. The molecule has 1 rings (SSSR count). The van der Waals surface area contributed by atoms with Crippen molar-refractivity contribution in [3.8, 4) is 0 Å². The van der Waals surface area contributed by atoms with Gasteiger partial charge in [-0.3, -0.25) is 14.4 Å². The molecule has 0 spiro atoms. The summed E-state index contributed by atoms with van der Waals surface area (Å²) in [4.78, 5) is 37.4. The first-order valence-corrected chi connectivity index (χ1v) is 11.6. The largest absolute Gasteiger partial charge is 0.463 e. The minimum Gasteiger partial charge on any atom is -0.463 e. The molecule has 0 aliphatic rings. The summed E-state index contributed by atoms with van der Waals surface area (Å²) < 4.78 is 10.6. The number of rotatable bonds is 18. The van der Waals surface area contributed by atoms with Crippen LogP contribution in [0.25, 0.3) is 0 Å². The van der Waals surface area contributed by atoms with E-state index in [1.54, 1.807) is 19.1 Å². The van der Waals surface area contributed by atoms with Crippen molar-refractivity contribution in [3.05, 3.63) is 61.2 Å². The molecule has 0 unspecified atom stereocenters. The Morgan fingerprint density at radius 3 is 2.38 bits per heavy atom. The van der Waals surface area contributed by atoms with E-state index in [1.165, 1.54) is 0 Å². The average molecular weight is 475 g/mol. The van der Waals surface area contributed by atoms with Crippen LogP contribution in [0.2, 0.25) is 0 Å². The second kappa shape index (κ2) is 17.5. The number of amides is 2. The van der Waals surface area contributed by atoms with Gasteiger partial charge >= 0.3 is 5.97 Å². The molecule has 188 valence electrons. The summed E-state index contributed by atoms with van der Waals surface area (Å²) in [7, 11) is 0. The third-order valence-electron chi connectivity index (χ3n) is 5.03. The Morgan fingerprint density at radius 1 is 1.06 bits per heavy atom. The fourth-order valence-electron chi connectivity index (χ4n) is 3.30. The smallest absolute Gasteiger partial charge is 0.309 e. The number of aliphatic hydroxyl groups is 1. The van der Waals surface area contributed by atoms with Crippen LogP contribution < -0.4 is 10.6 Å². The van der Waals surface area contributed by atoms with Crippen molar-refractivity contribution in [2.24, 2.45) is 11.8 Å². The van der Waals surface area contributed by atoms with E-state index in [1.807, 2.05) is 30.3 Å². The molecule has 0 heterocycles. The van der Waals surface area contributed by atoms with Crippen LogP contribution in [0, 0.1) is 11.8 Å². The maximum Gasteiger partial charge on any atom is 0.309 e. The highest BCUT2D eigenvalue weighted by Crippen LogP contribution is 2.15. The van der Waals surface area contributed by atoms with E-state index in [2.05, 4.69) is 23.8 Å². The summed E-state index contributed by atoms with van der Waals surface area (Å²) in [6.07, 6.45) is 4.68. The van der Waals surface area contributed by atoms with Crippen molar-refractivity contribution < 1.29 is 29.0 Å². The number of aliphatic hydroxyl groups excluding tert-OH is 1. The molecule has 2 amide bonds. The average Bonchev–Trinajstić information content (AvgIpc) is 2.82. The molecule has 0 saturated carbocycles. The van der Waals surface area contributed by atoms with Gasteiger partial charge in [-0.25, -0.2) is 0 Å². The molecule has 3 atom stereocenters. The van der Waals surface area contributed by atoms with E-state index >= 15 is 0 Å². The molecule has 34 heavy (non-hydrogen) atoms. The van der Waals surface area contributed by atoms with Gasteiger partial charge in [-0.2, -0.15) is 0 Å². The Kier molecular flexibility index (Phi) is 15.0. The number of carbonyl (C=O) groups excluding carboxylic acids is 3. The van der Waals surface area contributed by atoms with Crippen molar-refractivity contribution in [2.45, 2.75) is 38.6 Å². The van der Waals surface area contributed by atoms with Crippen molar-refractivity contribution in [3.63, 3.8) is 0 Å². The van der Waals surface area contributed by atoms with Crippen LogP contribution >= 0.6 is 0 Å². The highest BCUT2D eigenvalue weighted by Gasteiger charge is 2.24. The molecular formula is C26H38N2O6. The Bertz CT molecular complexity index is 768. The van der Waals surface area contributed by atoms with Crippen molar-refractivity contribution in [1.29, 1.82) is 0 Å². The van der Waals surface area contributed by atoms with Gasteiger partial charge in [0.2, 0.25) is 11.8 Å². The van der Waals surface area contributed by atoms with Crippen molar-refractivity contribution >= 4 is 17.8 Å². The van der Waals surface area contributed by atoms with Gasteiger partial charge in [-0.15, -0.1) is 13.2 Å². The zero-order valence-corrected chi connectivity index (χ0v) is 20.0. The number of carbonyl (C=O) groups is 3. The van der Waals surface area contributed by atoms with Gasteiger partial charge in [0.05, 0.1) is 37.7 Å². The van der Waals surface area contributed by atoms with Crippen LogP contribution in [0.1, 0.15) is 31.7 Å². The summed E-state index contributed by atoms with van der Waals surface area (Å²) in [5.41, 5.74) is 1.04. The molecule has 1 aromatic carbocycles. The lowest BCUT2D eigenvalue weighted by atomic mass is 9.96. The number of esters is 1. The first kappa shape index (κ1) is 29.1. The van der Waals surface area contributed by atoms with Crippen LogP contribution in [-0.2, 0) is 30.3 Å². The summed E-state index contributed by atoms with van der Waals surface area (Å²) in [6, 6.07) is 9.28. The molecule has 0 aliphatic heterocycles. The monoisotopic (exact) mass is 474 g/mol. The summed E-state index contributed by atoms with van der Waals surface area (Å²) >= 11 is 0. The topological polar surface area (TPSA) is 114 Å². The summed E-state index contributed by atoms with van der Waals surface area (Å²) in [5, 5.41) is 14.2. The van der Waals surface area contributed by atoms with Crippen molar-refractivity contribution in [2.75, 3.05) is 33.0 Å². The Balaban J connectivity index is 2.50. The van der Waals surface area contributed by atoms with Crippen LogP contribution in [0.4, 0.5) is 0 Å². The number of benzene rings is 1. The molecule has 3 N–H and O–H groups in total. The molecular weight excluding hydrogens is 436 g/mol. The maximum atomic E-state index is 12.7. The van der Waals surface area contributed by atoms with Crippen LogP contribution in [-0.4, -0.2) is 61.9 Å². The predicted molar refractivity (Wildman–Crippen MR) is 131 cm³/mol. The lowest BCUT2D eigenvalue weighted by molar-refractivity contribution is -0.149. The van der Waals surface area contributed by atoms with E-state index in [4.69, 9.17) is 14.6 Å². The van der Waals surface area contributed by atoms with Crippen molar-refractivity contribution in [1.82, 2.24) is 10.6 Å². The normalized spacial score (nSPS) is 13.2. The molecule has 0 bridgehead atoms. The van der Waals surface area contributed by atoms with Gasteiger partial charge < -0.3 is 25.2 Å². The molecule has 8 heteroatoms. The third kappa shape index (κ3) is 12.3. The standard InChI is InChI=1S/C26H38N2O6/c1-4-9-22(18-24(30)27-13-15-33-16-14-29)25(31)28-20(3)19-34-26(32)23(10-5-2)17-21-11-7-6-8-12-21/h4-8,11-12,20,22-23,29H,1-2,9-10,13-19H2,3H3,(H,27,30)(H,28,31)/t20-,22-,23-/m0/s1. The number of hydrogen-bond donors (Lipinski definition) is 3. The van der Waals surface area contributed by atoms with Gasteiger partial charge in [-0.05, 0) is 31.7 Å². The van der Waals surface area contributed by atoms with Crippen LogP contribution in [0.15, 0.2) is 55.6 Å². The SMILES string of the molecule is C=CC[C@@H](CC(=O)NCCOCCO)C(=O)N[C@@H](C)COC(=O)[C@@H](CC=C)Cc1ccccc1. The number of nitrogens with one attached hydrogen (secondary N) is 2. The first-order valence-electron chi connectivity index (χ1n) is 11.6. The van der Waals surface area contributed by atoms with Gasteiger partial charge in [-0.1, -0.05) is 42.5 Å². The number of allylic oxidation sites excluding steroid dienone is 2. The molecule has 1 aromatic rings. The zero-order chi connectivity index (χ0) is 25.2. The third-order valence-corrected chi connectivity index (χ3v) is 5.03. The minimum absolute atomic E-state index is 0.00282. The molecule has 0 aromatic heterocycles.